The number of aromatic nitrogens is 3. The largest absolute Gasteiger partial charge is 0.369 e. The number of hydrogen-bond donors (Lipinski definition) is 1. The highest BCUT2D eigenvalue weighted by Crippen LogP contribution is 2.28. The van der Waals surface area contributed by atoms with Crippen molar-refractivity contribution < 1.29 is 4.39 Å². The zero-order chi connectivity index (χ0) is 13.6. The molecular weight excluding hydrogens is 311 g/mol. The molecule has 2 aromatic heterocycles. The molecule has 19 heavy (non-hydrogen) atoms. The smallest absolute Gasteiger partial charge is 0.207 e. The van der Waals surface area contributed by atoms with Gasteiger partial charge in [0.15, 0.2) is 5.65 Å². The molecule has 0 saturated heterocycles. The van der Waals surface area contributed by atoms with E-state index in [1.54, 1.807) is 16.8 Å². The Bertz CT molecular complexity index is 782. The number of nitrogens with two attached hydrogens (primary N) is 1. The van der Waals surface area contributed by atoms with Crippen LogP contribution in [0.15, 0.2) is 34.9 Å². The van der Waals surface area contributed by atoms with E-state index >= 15 is 0 Å². The predicted molar refractivity (Wildman–Crippen MR) is 75.7 cm³/mol. The number of rotatable bonds is 1. The highest BCUT2D eigenvalue weighted by atomic mass is 79.9. The van der Waals surface area contributed by atoms with Crippen LogP contribution < -0.4 is 5.73 Å². The number of nitrogen functional groups attached to an aromatic ring is 1. The predicted octanol–water partition coefficient (Wildman–Crippen LogP) is 3.21. The first-order chi connectivity index (χ1) is 9.06. The van der Waals surface area contributed by atoms with E-state index in [0.29, 0.717) is 27.3 Å². The Morgan fingerprint density at radius 1 is 1.32 bits per heavy atom. The number of nitrogens with zero attached hydrogens (tertiary/aromatic N) is 3. The summed E-state index contributed by atoms with van der Waals surface area (Å²) in [5, 5.41) is 0. The molecular formula is C13H10BrFN4. The SMILES string of the molecule is Cc1cnc2c(c1)nc(N)n2-c1ccc(F)cc1Br. The molecule has 0 bridgehead atoms. The average Bonchev–Trinajstić information content (AvgIpc) is 2.65. The fourth-order valence-corrected chi connectivity index (χ4v) is 2.51. The van der Waals surface area contributed by atoms with Gasteiger partial charge in [-0.15, -0.1) is 0 Å². The number of benzene rings is 1. The van der Waals surface area contributed by atoms with Gasteiger partial charge in [0.2, 0.25) is 5.95 Å². The van der Waals surface area contributed by atoms with Gasteiger partial charge in [-0.3, -0.25) is 4.57 Å². The fraction of sp³-hybridized carbons (Fsp3) is 0.0769. The van der Waals surface area contributed by atoms with Crippen LogP contribution in [0, 0.1) is 12.7 Å². The van der Waals surface area contributed by atoms with E-state index in [-0.39, 0.29) is 5.82 Å². The van der Waals surface area contributed by atoms with Gasteiger partial charge in [-0.2, -0.15) is 0 Å². The summed E-state index contributed by atoms with van der Waals surface area (Å²) in [5.41, 5.74) is 9.02. The van der Waals surface area contributed by atoms with E-state index in [4.69, 9.17) is 5.73 Å². The molecule has 0 radical (unpaired) electrons. The van der Waals surface area contributed by atoms with Gasteiger partial charge in [0.1, 0.15) is 11.3 Å². The number of aryl methyl sites for hydroxylation is 1. The Kier molecular flexibility index (Phi) is 2.74. The van der Waals surface area contributed by atoms with Crippen LogP contribution in [-0.4, -0.2) is 14.5 Å². The molecule has 0 atom stereocenters. The molecule has 0 aliphatic rings. The Balaban J connectivity index is 2.33. The normalized spacial score (nSPS) is 11.1. The lowest BCUT2D eigenvalue weighted by Crippen LogP contribution is -2.02. The second kappa shape index (κ2) is 4.31. The molecule has 3 aromatic rings. The topological polar surface area (TPSA) is 56.7 Å². The third kappa shape index (κ3) is 1.98. The minimum absolute atomic E-state index is 0.317. The summed E-state index contributed by atoms with van der Waals surface area (Å²) >= 11 is 3.33. The Morgan fingerprint density at radius 2 is 2.11 bits per heavy atom. The highest BCUT2D eigenvalue weighted by Gasteiger charge is 2.14. The van der Waals surface area contributed by atoms with Crippen molar-refractivity contribution in [3.05, 3.63) is 46.3 Å². The Labute approximate surface area is 117 Å². The summed E-state index contributed by atoms with van der Waals surface area (Å²) in [4.78, 5) is 8.62. The zero-order valence-corrected chi connectivity index (χ0v) is 11.6. The van der Waals surface area contributed by atoms with Crippen LogP contribution in [0.5, 0.6) is 0 Å². The number of anilines is 1. The summed E-state index contributed by atoms with van der Waals surface area (Å²) in [5.74, 6) is 0.00262. The standard InChI is InChI=1S/C13H10BrFN4/c1-7-4-10-12(17-6-7)19(13(16)18-10)11-3-2-8(15)5-9(11)14/h2-6H,1H3,(H2,16,18). The molecule has 0 unspecified atom stereocenters. The maximum atomic E-state index is 13.2. The third-order valence-corrected chi connectivity index (χ3v) is 3.45. The van der Waals surface area contributed by atoms with E-state index in [0.717, 1.165) is 5.56 Å². The van der Waals surface area contributed by atoms with Gasteiger partial charge >= 0.3 is 0 Å². The summed E-state index contributed by atoms with van der Waals surface area (Å²) < 4.78 is 15.4. The van der Waals surface area contributed by atoms with Crippen molar-refractivity contribution in [3.8, 4) is 5.69 Å². The van der Waals surface area contributed by atoms with Gasteiger partial charge in [0, 0.05) is 10.7 Å². The van der Waals surface area contributed by atoms with Crippen LogP contribution in [0.25, 0.3) is 16.9 Å². The maximum absolute atomic E-state index is 13.2. The Hall–Kier alpha value is -1.95. The number of hydrogen-bond acceptors (Lipinski definition) is 3. The minimum atomic E-state index is -0.317. The van der Waals surface area contributed by atoms with Gasteiger partial charge in [0.25, 0.3) is 0 Å². The summed E-state index contributed by atoms with van der Waals surface area (Å²) in [7, 11) is 0. The van der Waals surface area contributed by atoms with Gasteiger partial charge in [0.05, 0.1) is 5.69 Å². The van der Waals surface area contributed by atoms with Crippen molar-refractivity contribution in [3.63, 3.8) is 0 Å². The van der Waals surface area contributed by atoms with Crippen LogP contribution in [-0.2, 0) is 0 Å². The average molecular weight is 321 g/mol. The first-order valence-corrected chi connectivity index (χ1v) is 6.41. The van der Waals surface area contributed by atoms with Crippen molar-refractivity contribution in [1.29, 1.82) is 0 Å². The maximum Gasteiger partial charge on any atom is 0.207 e. The van der Waals surface area contributed by atoms with Crippen LogP contribution in [0.4, 0.5) is 10.3 Å². The highest BCUT2D eigenvalue weighted by molar-refractivity contribution is 9.10. The van der Waals surface area contributed by atoms with E-state index < -0.39 is 0 Å². The molecule has 0 amide bonds. The number of fused-ring (bicyclic) bond motifs is 1. The lowest BCUT2D eigenvalue weighted by molar-refractivity contribution is 0.626. The van der Waals surface area contributed by atoms with Gasteiger partial charge < -0.3 is 5.73 Å². The number of pyridine rings is 1. The van der Waals surface area contributed by atoms with Crippen LogP contribution >= 0.6 is 15.9 Å². The molecule has 0 aliphatic carbocycles. The van der Waals surface area contributed by atoms with Crippen molar-refractivity contribution in [2.45, 2.75) is 6.92 Å². The lowest BCUT2D eigenvalue weighted by Gasteiger charge is -2.08. The molecule has 6 heteroatoms. The molecule has 4 nitrogen and oxygen atoms in total. The lowest BCUT2D eigenvalue weighted by atomic mass is 10.3. The molecule has 0 spiro atoms. The number of halogens is 2. The van der Waals surface area contributed by atoms with E-state index in [9.17, 15) is 4.39 Å². The summed E-state index contributed by atoms with van der Waals surface area (Å²) in [6, 6.07) is 6.30. The third-order valence-electron chi connectivity index (χ3n) is 2.81. The molecule has 96 valence electrons. The van der Waals surface area contributed by atoms with Crippen LogP contribution in [0.2, 0.25) is 0 Å². The second-order valence-electron chi connectivity index (χ2n) is 4.26. The van der Waals surface area contributed by atoms with Crippen LogP contribution in [0.3, 0.4) is 0 Å². The second-order valence-corrected chi connectivity index (χ2v) is 5.11. The van der Waals surface area contributed by atoms with Crippen LogP contribution in [0.1, 0.15) is 5.56 Å². The molecule has 0 aliphatic heterocycles. The first kappa shape index (κ1) is 12.1. The summed E-state index contributed by atoms with van der Waals surface area (Å²) in [6.45, 7) is 1.94. The van der Waals surface area contributed by atoms with Crippen molar-refractivity contribution in [2.24, 2.45) is 0 Å². The summed E-state index contributed by atoms with van der Waals surface area (Å²) in [6.07, 6.45) is 1.75. The molecule has 0 fully saturated rings. The van der Waals surface area contributed by atoms with Gasteiger partial charge in [-0.1, -0.05) is 0 Å². The fourth-order valence-electron chi connectivity index (χ4n) is 1.98. The minimum Gasteiger partial charge on any atom is -0.369 e. The van der Waals surface area contributed by atoms with Crippen molar-refractivity contribution in [2.75, 3.05) is 5.73 Å². The molecule has 0 saturated carbocycles. The zero-order valence-electron chi connectivity index (χ0n) is 10.1. The van der Waals surface area contributed by atoms with Gasteiger partial charge in [-0.25, -0.2) is 14.4 Å². The molecule has 1 aromatic carbocycles. The van der Waals surface area contributed by atoms with E-state index in [1.165, 1.54) is 12.1 Å². The first-order valence-electron chi connectivity index (χ1n) is 5.62. The Morgan fingerprint density at radius 3 is 2.84 bits per heavy atom. The monoisotopic (exact) mass is 320 g/mol. The molecule has 2 heterocycles. The van der Waals surface area contributed by atoms with Gasteiger partial charge in [-0.05, 0) is 52.7 Å². The quantitative estimate of drug-likeness (QED) is 0.749. The molecule has 2 N–H and O–H groups in total. The van der Waals surface area contributed by atoms with Crippen molar-refractivity contribution in [1.82, 2.24) is 14.5 Å². The number of imidazole rings is 1. The molecule has 3 rings (SSSR count). The van der Waals surface area contributed by atoms with Crippen molar-refractivity contribution >= 4 is 33.0 Å². The van der Waals surface area contributed by atoms with E-state index in [2.05, 4.69) is 25.9 Å². The van der Waals surface area contributed by atoms with E-state index in [1.807, 2.05) is 13.0 Å².